The van der Waals surface area contributed by atoms with Crippen molar-refractivity contribution in [3.63, 3.8) is 0 Å². The fourth-order valence-corrected chi connectivity index (χ4v) is 6.94. The molecule has 9 amide bonds. The van der Waals surface area contributed by atoms with Crippen LogP contribution in [0.5, 0.6) is 0 Å². The van der Waals surface area contributed by atoms with Crippen LogP contribution in [0.4, 0.5) is 0 Å². The van der Waals surface area contributed by atoms with Crippen molar-refractivity contribution < 1.29 is 63.0 Å². The molecule has 1 aromatic heterocycles. The summed E-state index contributed by atoms with van der Waals surface area (Å²) < 4.78 is 0. The van der Waals surface area contributed by atoms with Crippen LogP contribution in [0.1, 0.15) is 72.3 Å². The van der Waals surface area contributed by atoms with Crippen LogP contribution in [0, 0.1) is 11.8 Å². The number of amides is 9. The highest BCUT2D eigenvalue weighted by Crippen LogP contribution is 2.19. The average Bonchev–Trinajstić information content (AvgIpc) is 3.69. The third kappa shape index (κ3) is 19.2. The Morgan fingerprint density at radius 1 is 0.691 bits per heavy atom. The number of carbonyl (C=O) groups excluding carboxylic acids is 9. The highest BCUT2D eigenvalue weighted by molar-refractivity contribution is 7.98. The highest BCUT2D eigenvalue weighted by Gasteiger charge is 2.33. The lowest BCUT2D eigenvalue weighted by molar-refractivity contribution is -0.143. The van der Waals surface area contributed by atoms with E-state index in [4.69, 9.17) is 11.5 Å². The van der Waals surface area contributed by atoms with Gasteiger partial charge in [-0.25, -0.2) is 4.79 Å². The van der Waals surface area contributed by atoms with Gasteiger partial charge in [-0.05, 0) is 55.2 Å². The number of aromatic amines is 1. The van der Waals surface area contributed by atoms with Gasteiger partial charge in [-0.3, -0.25) is 47.9 Å². The Bertz CT molecular complexity index is 2130. The number of nitrogens with one attached hydrogen (secondary N) is 9. The van der Waals surface area contributed by atoms with Crippen molar-refractivity contribution >= 4 is 87.8 Å². The quantitative estimate of drug-likeness (QED) is 0.0384. The molecular weight excluding hydrogens is 911 g/mol. The fraction of sp³-hybridized carbons (Fsp3) is 0.558. The minimum atomic E-state index is -1.82. The summed E-state index contributed by atoms with van der Waals surface area (Å²) in [5, 5.41) is 39.0. The third-order valence-electron chi connectivity index (χ3n) is 10.7. The molecule has 0 aliphatic carbocycles. The van der Waals surface area contributed by atoms with Crippen molar-refractivity contribution in [3.8, 4) is 0 Å². The van der Waals surface area contributed by atoms with Gasteiger partial charge in [0.05, 0.1) is 25.6 Å². The number of aliphatic carboxylic acids is 2. The monoisotopic (exact) mass is 975 g/mol. The molecule has 2 aromatic rings. The van der Waals surface area contributed by atoms with E-state index >= 15 is 0 Å². The number of carboxylic acid groups (broad SMARTS) is 2. The zero-order valence-corrected chi connectivity index (χ0v) is 39.7. The first kappa shape index (κ1) is 57.4. The van der Waals surface area contributed by atoms with Crippen LogP contribution >= 0.6 is 11.8 Å². The summed E-state index contributed by atoms with van der Waals surface area (Å²) in [6, 6.07) is -2.52. The smallest absolute Gasteiger partial charge is 0.326 e. The molecule has 0 aliphatic rings. The number of hydrogen-bond acceptors (Lipinski definition) is 13. The molecule has 0 saturated heterocycles. The molecule has 0 fully saturated rings. The molecule has 68 heavy (non-hydrogen) atoms. The normalized spacial score (nSPS) is 14.6. The number of carbonyl (C=O) groups is 11. The molecule has 24 nitrogen and oxygen atoms in total. The van der Waals surface area contributed by atoms with E-state index in [1.54, 1.807) is 57.5 Å². The number of carboxylic acids is 2. The van der Waals surface area contributed by atoms with Crippen molar-refractivity contribution in [1.82, 2.24) is 47.5 Å². The van der Waals surface area contributed by atoms with Crippen LogP contribution in [0.25, 0.3) is 10.9 Å². The van der Waals surface area contributed by atoms with Crippen molar-refractivity contribution in [3.05, 3.63) is 36.0 Å². The van der Waals surface area contributed by atoms with E-state index in [0.29, 0.717) is 12.0 Å². The molecule has 15 N–H and O–H groups in total. The third-order valence-corrected chi connectivity index (χ3v) is 11.4. The molecular formula is C43H65N11O13S. The molecule has 1 heterocycles. The van der Waals surface area contributed by atoms with Crippen LogP contribution in [0.2, 0.25) is 0 Å². The SMILES string of the molecule is CC[C@H](C)[C@H](N)C(=O)NCC(=O)N[C@@H](CCC(N)=O)C(=O)N[C@@H](C)C(=O)N[C@@H](CC(=O)O)C(=O)N[C@@H](CCSC)C(=O)N[C@@H](Cc1c[nH]c2ccccc12)C(=O)NCC(=O)N[C@H](C(=O)O)C(C)C. The topological polar surface area (TPSA) is 392 Å². The first-order valence-electron chi connectivity index (χ1n) is 21.9. The summed E-state index contributed by atoms with van der Waals surface area (Å²) in [7, 11) is 0. The lowest BCUT2D eigenvalue weighted by Crippen LogP contribution is -2.59. The number of benzene rings is 1. The zero-order valence-electron chi connectivity index (χ0n) is 38.9. The second-order valence-electron chi connectivity index (χ2n) is 16.5. The van der Waals surface area contributed by atoms with Gasteiger partial charge in [0, 0.05) is 29.9 Å². The molecule has 0 bridgehead atoms. The zero-order chi connectivity index (χ0) is 51.2. The maximum absolute atomic E-state index is 14.0. The number of rotatable bonds is 30. The summed E-state index contributed by atoms with van der Waals surface area (Å²) >= 11 is 1.30. The van der Waals surface area contributed by atoms with E-state index in [0.717, 1.165) is 10.9 Å². The fourth-order valence-electron chi connectivity index (χ4n) is 6.47. The van der Waals surface area contributed by atoms with Crippen LogP contribution in [-0.4, -0.2) is 148 Å². The lowest BCUT2D eigenvalue weighted by atomic mass is 9.99. The number of primary amides is 1. The molecule has 376 valence electrons. The van der Waals surface area contributed by atoms with Crippen molar-refractivity contribution in [2.75, 3.05) is 25.1 Å². The molecule has 0 unspecified atom stereocenters. The number of aromatic nitrogens is 1. The highest BCUT2D eigenvalue weighted by atomic mass is 32.2. The van der Waals surface area contributed by atoms with E-state index in [1.165, 1.54) is 18.7 Å². The molecule has 0 radical (unpaired) electrons. The minimum Gasteiger partial charge on any atom is -0.481 e. The lowest BCUT2D eigenvalue weighted by Gasteiger charge is -2.26. The van der Waals surface area contributed by atoms with Crippen molar-refractivity contribution in [2.24, 2.45) is 23.3 Å². The van der Waals surface area contributed by atoms with Gasteiger partial charge < -0.3 is 69.2 Å². The van der Waals surface area contributed by atoms with Crippen molar-refractivity contribution in [1.29, 1.82) is 0 Å². The standard InChI is InChI=1S/C43H65N11O13S/c1-7-22(4)35(45)42(65)48-19-32(56)50-27(12-13-31(44)55)39(62)49-23(5)37(60)52-30(17-34(58)59)41(64)51-28(14-15-68-6)40(63)53-29(16-24-18-46-26-11-9-8-10-25(24)26)38(61)47-20-33(57)54-36(21(2)3)43(66)67/h8-11,18,21-23,27-30,35-36,46H,7,12-17,19-20,45H2,1-6H3,(H2,44,55)(H,47,61)(H,48,65)(H,49,62)(H,50,56)(H,51,64)(H,52,60)(H,53,63)(H,54,57)(H,58,59)(H,66,67)/t22-,23-,27-,28-,29-,30-,35-,36-/m0/s1. The van der Waals surface area contributed by atoms with Crippen LogP contribution in [0.3, 0.4) is 0 Å². The maximum Gasteiger partial charge on any atom is 0.326 e. The molecule has 2 rings (SSSR count). The largest absolute Gasteiger partial charge is 0.481 e. The van der Waals surface area contributed by atoms with Gasteiger partial charge in [0.25, 0.3) is 0 Å². The number of H-pyrrole nitrogens is 1. The number of fused-ring (bicyclic) bond motifs is 1. The molecule has 1 aromatic carbocycles. The molecule has 0 spiro atoms. The average molecular weight is 976 g/mol. The Morgan fingerprint density at radius 3 is 1.84 bits per heavy atom. The number of thioether (sulfide) groups is 1. The Hall–Kier alpha value is -6.76. The van der Waals surface area contributed by atoms with E-state index < -0.39 is 133 Å². The van der Waals surface area contributed by atoms with Crippen LogP contribution in [0.15, 0.2) is 30.5 Å². The van der Waals surface area contributed by atoms with E-state index in [9.17, 15) is 63.0 Å². The minimum absolute atomic E-state index is 0.0404. The van der Waals surface area contributed by atoms with Gasteiger partial charge in [-0.1, -0.05) is 52.3 Å². The molecule has 25 heteroatoms. The Morgan fingerprint density at radius 2 is 1.25 bits per heavy atom. The summed E-state index contributed by atoms with van der Waals surface area (Å²) in [4.78, 5) is 144. The number of hydrogen-bond donors (Lipinski definition) is 13. The van der Waals surface area contributed by atoms with Gasteiger partial charge >= 0.3 is 11.9 Å². The summed E-state index contributed by atoms with van der Waals surface area (Å²) in [6.45, 7) is 6.74. The molecule has 0 aliphatic heterocycles. The van der Waals surface area contributed by atoms with Gasteiger partial charge in [-0.2, -0.15) is 11.8 Å². The van der Waals surface area contributed by atoms with Gasteiger partial charge in [0.2, 0.25) is 53.2 Å². The summed E-state index contributed by atoms with van der Waals surface area (Å²) in [6.07, 6.45) is 2.14. The number of para-hydroxylation sites is 1. The number of nitrogens with two attached hydrogens (primary N) is 2. The first-order chi connectivity index (χ1) is 32.0. The van der Waals surface area contributed by atoms with Gasteiger partial charge in [-0.15, -0.1) is 0 Å². The predicted octanol–water partition coefficient (Wildman–Crippen LogP) is -2.52. The van der Waals surface area contributed by atoms with E-state index in [2.05, 4.69) is 47.5 Å². The van der Waals surface area contributed by atoms with Crippen molar-refractivity contribution in [2.45, 2.75) is 115 Å². The predicted molar refractivity (Wildman–Crippen MR) is 249 cm³/mol. The van der Waals surface area contributed by atoms with Crippen LogP contribution < -0.4 is 54.0 Å². The Kier molecular flexibility index (Phi) is 24.0. The van der Waals surface area contributed by atoms with E-state index in [-0.39, 0.29) is 37.4 Å². The first-order valence-corrected chi connectivity index (χ1v) is 23.3. The second kappa shape index (κ2) is 28.4. The molecule has 8 atom stereocenters. The maximum atomic E-state index is 14.0. The van der Waals surface area contributed by atoms with E-state index in [1.807, 2.05) is 6.92 Å². The van der Waals surface area contributed by atoms with Crippen LogP contribution in [-0.2, 0) is 59.2 Å². The summed E-state index contributed by atoms with van der Waals surface area (Å²) in [5.41, 5.74) is 12.5. The summed E-state index contributed by atoms with van der Waals surface area (Å²) in [5.74, 6) is -11.1. The Labute approximate surface area is 397 Å². The Balaban J connectivity index is 2.27. The van der Waals surface area contributed by atoms with Gasteiger partial charge in [0.15, 0.2) is 0 Å². The van der Waals surface area contributed by atoms with Gasteiger partial charge in [0.1, 0.15) is 36.3 Å². The molecule has 0 saturated carbocycles. The second-order valence-corrected chi connectivity index (χ2v) is 17.4.